The van der Waals surface area contributed by atoms with E-state index in [9.17, 15) is 169 Å². The second-order valence-electron chi connectivity index (χ2n) is 38.7. The van der Waals surface area contributed by atoms with E-state index < -0.39 is 415 Å². The number of thioether (sulfide) groups is 4. The SMILES string of the molecule is CCCCC[C@@]1(SC(O)CC(O)[C@H]2O[C@@H](OCCOCCOCCN=[N+]=[N-])[C@@](O)(CC(O)S[C@]3(CCCCC)O[C@H](CO)[C@@H](O)[C@H](O)[C@@H]3O[C@@H]3O[C@H](CO)[C@@H](O)[C@H](O)[C@@H]3O)[C@](O)(CC(O)S[C@]3(CCCCC)O[C@H](CO)[C@@H](O)[C@H](O)[C@@H]3O[C@@H]3O[C@H](CO)[C@@H](O)[C@H](O)[C@@H]3O)[C@@]2(O)CC(O)S[C@]2(CCCCC)O[C@H](CO)[C@@H](O)[C@H](O)[C@@H]2O[C@@H]2O[C@H](CO)[C@@H](O)[C@H](O)[C@@H]2O)O[C@H](CO)[C@@H](O)[C@H](O)[C@@H]1O[C@@H]1O[C@H](CO)[C@@H](O)[C@H](O)[C@@H]1O. The molecule has 0 saturated carbocycles. The van der Waals surface area contributed by atoms with Crippen LogP contribution in [-0.2, 0) is 75.8 Å². The summed E-state index contributed by atoms with van der Waals surface area (Å²) in [6.45, 7) is -4.72. The first-order valence-corrected chi connectivity index (χ1v) is 53.3. The van der Waals surface area contributed by atoms with Crippen molar-refractivity contribution in [1.29, 1.82) is 0 Å². The summed E-state index contributed by atoms with van der Waals surface area (Å²) in [5.41, 5.74) is -14.3. The molecule has 0 amide bonds. The first kappa shape index (κ1) is 129. The lowest BCUT2D eigenvalue weighted by Crippen LogP contribution is -2.83. The van der Waals surface area contributed by atoms with Gasteiger partial charge in [-0.2, -0.15) is 0 Å². The fraction of sp³-hybridized carbons (Fsp3) is 1.00. The van der Waals surface area contributed by atoms with E-state index in [1.807, 2.05) is 0 Å². The lowest BCUT2D eigenvalue weighted by molar-refractivity contribution is -0.417. The Hall–Kier alpha value is -1.37. The fourth-order valence-corrected chi connectivity index (χ4v) is 26.5. The average Bonchev–Trinajstić information content (AvgIpc) is 0.689. The van der Waals surface area contributed by atoms with Crippen molar-refractivity contribution in [3.8, 4) is 0 Å². The van der Waals surface area contributed by atoms with Gasteiger partial charge in [0.15, 0.2) is 37.1 Å². The predicted octanol–water partition coefficient (Wildman–Crippen LogP) is -12.3. The molecular formula is C88H159N3O52S4. The van der Waals surface area contributed by atoms with Crippen LogP contribution in [0, 0.1) is 0 Å². The van der Waals surface area contributed by atoms with E-state index in [2.05, 4.69) is 10.0 Å². The van der Waals surface area contributed by atoms with Gasteiger partial charge in [-0.3, -0.25) is 0 Å². The van der Waals surface area contributed by atoms with Crippen LogP contribution in [0.25, 0.3) is 10.4 Å². The molecule has 0 radical (unpaired) electrons. The van der Waals surface area contributed by atoms with E-state index in [1.165, 1.54) is 0 Å². The Bertz CT molecular complexity index is 3830. The summed E-state index contributed by atoms with van der Waals surface area (Å²) in [5, 5.41) is 438. The van der Waals surface area contributed by atoms with Gasteiger partial charge in [0.05, 0.1) is 92.0 Å². The normalized spacial score (nSPS) is 45.0. The molecule has 9 saturated heterocycles. The number of hydrogen-bond acceptors (Lipinski definition) is 57. The summed E-state index contributed by atoms with van der Waals surface area (Å²) in [5.74, 6) is 0. The minimum atomic E-state index is -4.30. The van der Waals surface area contributed by atoms with Crippen molar-refractivity contribution in [3.05, 3.63) is 10.4 Å². The van der Waals surface area contributed by atoms with Crippen LogP contribution in [0.4, 0.5) is 0 Å². The minimum Gasteiger partial charge on any atom is -0.394 e. The maximum Gasteiger partial charge on any atom is 0.190 e. The third-order valence-corrected chi connectivity index (χ3v) is 34.0. The Morgan fingerprint density at radius 3 is 0.844 bits per heavy atom. The summed E-state index contributed by atoms with van der Waals surface area (Å²) in [7, 11) is 0. The van der Waals surface area contributed by atoms with Gasteiger partial charge in [-0.25, -0.2) is 0 Å². The molecule has 0 aliphatic carbocycles. The highest BCUT2D eigenvalue weighted by atomic mass is 32.2. The van der Waals surface area contributed by atoms with Crippen molar-refractivity contribution in [1.82, 2.24) is 0 Å². The predicted molar refractivity (Wildman–Crippen MR) is 502 cm³/mol. The summed E-state index contributed by atoms with van der Waals surface area (Å²) >= 11 is 0.387. The van der Waals surface area contributed by atoms with Crippen molar-refractivity contribution < 1.29 is 260 Å². The number of azide groups is 1. The van der Waals surface area contributed by atoms with Crippen LogP contribution in [0.5, 0.6) is 0 Å². The van der Waals surface area contributed by atoms with Crippen molar-refractivity contribution >= 4 is 47.0 Å². The van der Waals surface area contributed by atoms with E-state index in [0.29, 0.717) is 25.7 Å². The van der Waals surface area contributed by atoms with Crippen LogP contribution in [0.2, 0.25) is 0 Å². The highest BCUT2D eigenvalue weighted by Gasteiger charge is 2.76. The van der Waals surface area contributed by atoms with E-state index in [4.69, 9.17) is 81.3 Å². The van der Waals surface area contributed by atoms with Gasteiger partial charge in [0, 0.05) is 37.1 Å². The first-order valence-electron chi connectivity index (χ1n) is 49.8. The van der Waals surface area contributed by atoms with Crippen molar-refractivity contribution in [3.63, 3.8) is 0 Å². The lowest BCUT2D eigenvalue weighted by Gasteiger charge is -2.63. The van der Waals surface area contributed by atoms with Gasteiger partial charge < -0.3 is 260 Å². The highest BCUT2D eigenvalue weighted by molar-refractivity contribution is 8.01. The molecule has 9 rings (SSSR count). The summed E-state index contributed by atoms with van der Waals surface area (Å²) in [4.78, 5) is -7.79. The lowest BCUT2D eigenvalue weighted by atomic mass is 9.60. The van der Waals surface area contributed by atoms with Gasteiger partial charge in [-0.05, 0) is 56.9 Å². The maximum atomic E-state index is 15.7. The van der Waals surface area contributed by atoms with Crippen LogP contribution in [0.15, 0.2) is 5.11 Å². The number of ether oxygens (including phenoxy) is 16. The zero-order chi connectivity index (χ0) is 109. The monoisotopic (exact) mass is 2220 g/mol. The Morgan fingerprint density at radius 1 is 0.306 bits per heavy atom. The number of rotatable bonds is 59. The number of aliphatic hydroxyl groups is 36. The molecule has 0 aromatic heterocycles. The molecular weight excluding hydrogens is 2060 g/mol. The molecule has 0 spiro atoms. The fourth-order valence-electron chi connectivity index (χ4n) is 20.3. The Morgan fingerprint density at radius 2 is 0.565 bits per heavy atom. The molecule has 5 unspecified atom stereocenters. The quantitative estimate of drug-likeness (QED) is 0.00884. The van der Waals surface area contributed by atoms with Gasteiger partial charge >= 0.3 is 0 Å². The zero-order valence-electron chi connectivity index (χ0n) is 82.0. The smallest absolute Gasteiger partial charge is 0.190 e. The van der Waals surface area contributed by atoms with E-state index in [0.717, 1.165) is 0 Å². The molecule has 147 heavy (non-hydrogen) atoms. The molecule has 9 aliphatic heterocycles. The number of aliphatic hydroxyl groups excluding tert-OH is 33. The third-order valence-electron chi connectivity index (χ3n) is 28.5. The van der Waals surface area contributed by atoms with E-state index in [-0.39, 0.29) is 125 Å². The van der Waals surface area contributed by atoms with Crippen LogP contribution < -0.4 is 0 Å². The molecule has 50 atom stereocenters. The molecule has 9 heterocycles. The van der Waals surface area contributed by atoms with Crippen molar-refractivity contribution in [2.24, 2.45) is 5.11 Å². The molecule has 0 aromatic rings. The molecule has 0 bridgehead atoms. The average molecular weight is 2220 g/mol. The van der Waals surface area contributed by atoms with Crippen molar-refractivity contribution in [2.75, 3.05) is 92.4 Å². The number of hydrogen-bond donors (Lipinski definition) is 36. The standard InChI is InChI=1S/C88H159N3O52S4/c1-5-9-13-17-84(73(64(117)56(109)44(35-96)140-84)135-77-68(121)60(113)52(105)40(31-92)131-77)144-48(101)27-39(100)72-82(125,28-49(102)145-85(18-14-10-6-2)74(65(118)57(110)45(36-97)141-85)136-78-69(122)61(114)53(106)41(32-93)132-78)88(127,30-51(104)147-87(20-16-12-8-4)76(67(120)59(112)47(38-99)143-87)138-80-71(124)63(116)55(108)43(34-95)134-80)83(126,81(139-72)130-26-25-129-24-23-128-22-21-90-91-89)29-50(103)146-86(19-15-11-7-3)75(66(119)58(111)46(37-98)142-86)137-79-70(123)62(115)54(107)42(33-94)133-79/h39-81,92-127H,5-38H2,1-4H3/t39?,40-,41-,42-,43-,44-,45-,46-,47-,48?,49?,50?,51?,52-,53-,54-,55-,56-,57-,58-,59-,60+,61+,62+,63+,64+,65+,66+,67+,68+,69+,70+,71+,72-,73+,74+,75+,76+,77+,78+,79+,80+,81-,82-,83+,84+,85+,86+,87+,88+/m1/s1. The van der Waals surface area contributed by atoms with Crippen molar-refractivity contribution in [2.45, 2.75) is 453 Å². The maximum absolute atomic E-state index is 15.7. The Balaban J connectivity index is 1.36. The first-order chi connectivity index (χ1) is 69.7. The third kappa shape index (κ3) is 29.5. The largest absolute Gasteiger partial charge is 0.394 e. The Kier molecular flexibility index (Phi) is 51.5. The van der Waals surface area contributed by atoms with E-state index in [1.54, 1.807) is 27.7 Å². The Labute approximate surface area is 863 Å². The second-order valence-corrected chi connectivity index (χ2v) is 44.6. The topological polar surface area (TPSA) is 925 Å². The van der Waals surface area contributed by atoms with Crippen LogP contribution in [0.3, 0.4) is 0 Å². The van der Waals surface area contributed by atoms with E-state index >= 15 is 15.3 Å². The summed E-state index contributed by atoms with van der Waals surface area (Å²) < 4.78 is 99.2. The molecule has 55 nitrogen and oxygen atoms in total. The van der Waals surface area contributed by atoms with Crippen LogP contribution in [0.1, 0.15) is 156 Å². The second kappa shape index (κ2) is 58.6. The number of unbranched alkanes of at least 4 members (excludes halogenated alkanes) is 8. The van der Waals surface area contributed by atoms with Crippen LogP contribution in [-0.4, -0.2) is 574 Å². The van der Waals surface area contributed by atoms with Gasteiger partial charge in [0.2, 0.25) is 0 Å². The summed E-state index contributed by atoms with van der Waals surface area (Å²) in [6, 6.07) is 0. The number of nitrogens with zero attached hydrogens (tertiary/aromatic N) is 3. The molecule has 59 heteroatoms. The highest BCUT2D eigenvalue weighted by Crippen LogP contribution is 2.60. The van der Waals surface area contributed by atoms with Crippen LogP contribution >= 0.6 is 47.0 Å². The molecule has 36 N–H and O–H groups in total. The summed E-state index contributed by atoms with van der Waals surface area (Å²) in [6.07, 6.45) is -94.0. The molecule has 0 aromatic carbocycles. The van der Waals surface area contributed by atoms with Gasteiger partial charge in [-0.15, -0.1) is 0 Å². The molecule has 862 valence electrons. The van der Waals surface area contributed by atoms with Gasteiger partial charge in [-0.1, -0.05) is 131 Å². The zero-order valence-corrected chi connectivity index (χ0v) is 85.2. The molecule has 9 fully saturated rings. The minimum absolute atomic E-state index is 0.0140. The molecule has 9 aliphatic rings. The van der Waals surface area contributed by atoms with Gasteiger partial charge in [0.1, 0.15) is 254 Å². The van der Waals surface area contributed by atoms with Gasteiger partial charge in [0.25, 0.3) is 0 Å².